The first-order valence-corrected chi connectivity index (χ1v) is 9.64. The molecule has 0 unspecified atom stereocenters. The van der Waals surface area contributed by atoms with Crippen molar-refractivity contribution in [1.29, 1.82) is 0 Å². The fourth-order valence-corrected chi connectivity index (χ4v) is 3.63. The van der Waals surface area contributed by atoms with Crippen LogP contribution in [0.25, 0.3) is 0 Å². The molecule has 22 heavy (non-hydrogen) atoms. The van der Waals surface area contributed by atoms with Gasteiger partial charge in [-0.05, 0) is 47.1 Å². The largest absolute Gasteiger partial charge is 0.342 e. The van der Waals surface area contributed by atoms with Crippen LogP contribution in [0.1, 0.15) is 38.4 Å². The first kappa shape index (κ1) is 18.1. The van der Waals surface area contributed by atoms with Gasteiger partial charge in [-0.3, -0.25) is 4.55 Å². The van der Waals surface area contributed by atoms with E-state index in [9.17, 15) is 8.42 Å². The first-order valence-electron chi connectivity index (χ1n) is 7.12. The molecule has 1 aromatic carbocycles. The molecule has 1 aliphatic rings. The minimum Gasteiger partial charge on any atom is -0.342 e. The van der Waals surface area contributed by atoms with Crippen molar-refractivity contribution in [3.05, 3.63) is 33.4 Å². The fourth-order valence-electron chi connectivity index (χ4n) is 2.56. The Morgan fingerprint density at radius 3 is 2.45 bits per heavy atom. The number of hydrogen-bond donors (Lipinski definition) is 2. The van der Waals surface area contributed by atoms with Crippen molar-refractivity contribution in [3.63, 3.8) is 0 Å². The van der Waals surface area contributed by atoms with E-state index in [-0.39, 0.29) is 12.6 Å². The van der Waals surface area contributed by atoms with Crippen molar-refractivity contribution in [2.24, 2.45) is 0 Å². The first-order chi connectivity index (χ1) is 10.3. The van der Waals surface area contributed by atoms with Gasteiger partial charge in [0.1, 0.15) is 12.2 Å². The van der Waals surface area contributed by atoms with Gasteiger partial charge in [0.25, 0.3) is 0 Å². The van der Waals surface area contributed by atoms with Crippen LogP contribution >= 0.6 is 22.6 Å². The molecule has 0 bridgehead atoms. The molecule has 124 valence electrons. The summed E-state index contributed by atoms with van der Waals surface area (Å²) in [6.45, 7) is 3.89. The summed E-state index contributed by atoms with van der Waals surface area (Å²) in [5.74, 6) is -0.727. The summed E-state index contributed by atoms with van der Waals surface area (Å²) in [6.07, 6.45) is 0.428. The summed E-state index contributed by atoms with van der Waals surface area (Å²) in [4.78, 5) is 0. The zero-order valence-electron chi connectivity index (χ0n) is 12.5. The van der Waals surface area contributed by atoms with Crippen molar-refractivity contribution in [2.45, 2.75) is 44.7 Å². The van der Waals surface area contributed by atoms with E-state index in [4.69, 9.17) is 14.0 Å². The Balaban J connectivity index is 2.29. The average Bonchev–Trinajstić information content (AvgIpc) is 2.85. The number of nitrogens with one attached hydrogen (secondary N) is 1. The molecule has 0 aromatic heterocycles. The third-order valence-corrected chi connectivity index (χ3v) is 5.32. The van der Waals surface area contributed by atoms with Crippen LogP contribution in [-0.4, -0.2) is 31.4 Å². The van der Waals surface area contributed by atoms with Gasteiger partial charge in [0.15, 0.2) is 5.79 Å². The Hall–Kier alpha value is -0.260. The van der Waals surface area contributed by atoms with E-state index < -0.39 is 22.2 Å². The molecule has 1 heterocycles. The molecule has 2 N–H and O–H groups in total. The SMILES string of the molecule is CCC1(CC)O[C@@H](CNS(=O)(=O)O)[C@H](c2ccccc2I)O1. The van der Waals surface area contributed by atoms with Crippen molar-refractivity contribution >= 4 is 32.9 Å². The number of halogens is 1. The molecule has 1 aromatic rings. The molecule has 6 nitrogen and oxygen atoms in total. The highest BCUT2D eigenvalue weighted by atomic mass is 127. The third kappa shape index (κ3) is 4.18. The third-order valence-electron chi connectivity index (χ3n) is 3.80. The summed E-state index contributed by atoms with van der Waals surface area (Å²) in [5, 5.41) is 0. The lowest BCUT2D eigenvalue weighted by Crippen LogP contribution is -2.36. The summed E-state index contributed by atoms with van der Waals surface area (Å²) < 4.78 is 46.0. The van der Waals surface area contributed by atoms with Gasteiger partial charge in [-0.2, -0.15) is 13.1 Å². The lowest BCUT2D eigenvalue weighted by atomic mass is 10.0. The minimum atomic E-state index is -4.27. The molecule has 0 spiro atoms. The van der Waals surface area contributed by atoms with E-state index in [2.05, 4.69) is 27.3 Å². The Labute approximate surface area is 144 Å². The molecule has 0 amide bonds. The van der Waals surface area contributed by atoms with Gasteiger partial charge in [-0.1, -0.05) is 32.0 Å². The highest BCUT2D eigenvalue weighted by Crippen LogP contribution is 2.43. The topological polar surface area (TPSA) is 84.9 Å². The van der Waals surface area contributed by atoms with Crippen molar-refractivity contribution in [2.75, 3.05) is 6.54 Å². The van der Waals surface area contributed by atoms with Crippen LogP contribution in [0.15, 0.2) is 24.3 Å². The van der Waals surface area contributed by atoms with Crippen LogP contribution in [-0.2, 0) is 19.8 Å². The van der Waals surface area contributed by atoms with E-state index in [0.29, 0.717) is 12.8 Å². The second kappa shape index (κ2) is 7.10. The standard InChI is InChI=1S/C14H20INO5S/c1-3-14(4-2)20-12(9-16-22(17,18)19)13(21-14)10-7-5-6-8-11(10)15/h5-8,12-13,16H,3-4,9H2,1-2H3,(H,17,18,19)/t12-,13-/m0/s1. The minimum absolute atomic E-state index is 0.0454. The zero-order chi connectivity index (χ0) is 16.4. The Morgan fingerprint density at radius 1 is 1.27 bits per heavy atom. The summed E-state index contributed by atoms with van der Waals surface area (Å²) in [5.41, 5.74) is 0.953. The van der Waals surface area contributed by atoms with Gasteiger partial charge >= 0.3 is 10.3 Å². The molecule has 0 saturated carbocycles. The van der Waals surface area contributed by atoms with Crippen LogP contribution in [0.5, 0.6) is 0 Å². The lowest BCUT2D eigenvalue weighted by molar-refractivity contribution is -0.179. The Bertz CT molecular complexity index is 617. The number of hydrogen-bond acceptors (Lipinski definition) is 4. The number of ether oxygens (including phenoxy) is 2. The summed E-state index contributed by atoms with van der Waals surface area (Å²) >= 11 is 2.22. The second-order valence-corrected chi connectivity index (χ2v) is 7.56. The maximum atomic E-state index is 10.9. The van der Waals surface area contributed by atoms with Crippen molar-refractivity contribution in [1.82, 2.24) is 4.72 Å². The maximum Gasteiger partial charge on any atom is 0.333 e. The van der Waals surface area contributed by atoms with Gasteiger partial charge in [0.05, 0.1) is 0 Å². The van der Waals surface area contributed by atoms with Gasteiger partial charge in [-0.25, -0.2) is 0 Å². The highest BCUT2D eigenvalue weighted by Gasteiger charge is 2.46. The summed E-state index contributed by atoms with van der Waals surface area (Å²) in [6, 6.07) is 7.74. The lowest BCUT2D eigenvalue weighted by Gasteiger charge is -2.25. The second-order valence-electron chi connectivity index (χ2n) is 5.16. The summed E-state index contributed by atoms with van der Waals surface area (Å²) in [7, 11) is -4.27. The quantitative estimate of drug-likeness (QED) is 0.524. The average molecular weight is 441 g/mol. The van der Waals surface area contributed by atoms with E-state index in [1.54, 1.807) is 0 Å². The normalized spacial score (nSPS) is 24.5. The maximum absolute atomic E-state index is 10.9. The highest BCUT2D eigenvalue weighted by molar-refractivity contribution is 14.1. The van der Waals surface area contributed by atoms with E-state index in [0.717, 1.165) is 9.13 Å². The molecule has 2 rings (SSSR count). The van der Waals surface area contributed by atoms with Crippen LogP contribution in [0.4, 0.5) is 0 Å². The number of rotatable bonds is 6. The van der Waals surface area contributed by atoms with Crippen LogP contribution in [0, 0.1) is 3.57 Å². The molecule has 1 saturated heterocycles. The zero-order valence-corrected chi connectivity index (χ0v) is 15.4. The van der Waals surface area contributed by atoms with Crippen molar-refractivity contribution in [3.8, 4) is 0 Å². The van der Waals surface area contributed by atoms with Crippen LogP contribution in [0.3, 0.4) is 0 Å². The fraction of sp³-hybridized carbons (Fsp3) is 0.571. The molecule has 1 fully saturated rings. The molecule has 2 atom stereocenters. The van der Waals surface area contributed by atoms with Gasteiger partial charge in [-0.15, -0.1) is 0 Å². The van der Waals surface area contributed by atoms with Gasteiger partial charge in [0, 0.05) is 10.1 Å². The Kier molecular flexibility index (Phi) is 5.84. The number of benzene rings is 1. The van der Waals surface area contributed by atoms with E-state index >= 15 is 0 Å². The van der Waals surface area contributed by atoms with Crippen molar-refractivity contribution < 1.29 is 22.4 Å². The molecule has 0 radical (unpaired) electrons. The van der Waals surface area contributed by atoms with E-state index in [1.807, 2.05) is 38.1 Å². The predicted octanol–water partition coefficient (Wildman–Crippen LogP) is 2.66. The van der Waals surface area contributed by atoms with Gasteiger partial charge in [0.2, 0.25) is 0 Å². The smallest absolute Gasteiger partial charge is 0.333 e. The van der Waals surface area contributed by atoms with Gasteiger partial charge < -0.3 is 9.47 Å². The molecular weight excluding hydrogens is 421 g/mol. The predicted molar refractivity (Wildman–Crippen MR) is 90.7 cm³/mol. The molecule has 1 aliphatic heterocycles. The Morgan fingerprint density at radius 2 is 1.91 bits per heavy atom. The molecule has 8 heteroatoms. The molecular formula is C14H20INO5S. The van der Waals surface area contributed by atoms with Crippen LogP contribution < -0.4 is 4.72 Å². The molecule has 0 aliphatic carbocycles. The van der Waals surface area contributed by atoms with Crippen LogP contribution in [0.2, 0.25) is 0 Å². The monoisotopic (exact) mass is 441 g/mol. The van der Waals surface area contributed by atoms with E-state index in [1.165, 1.54) is 0 Å².